The van der Waals surface area contributed by atoms with Gasteiger partial charge in [-0.1, -0.05) is 0 Å². The summed E-state index contributed by atoms with van der Waals surface area (Å²) in [4.78, 5) is 26.7. The first-order valence-electron chi connectivity index (χ1n) is 8.16. The maximum absolute atomic E-state index is 12.9. The van der Waals surface area contributed by atoms with Crippen LogP contribution in [-0.2, 0) is 9.59 Å². The molecule has 114 valence electrons. The predicted molar refractivity (Wildman–Crippen MR) is 83.5 cm³/mol. The van der Waals surface area contributed by atoms with E-state index < -0.39 is 0 Å². The summed E-state index contributed by atoms with van der Waals surface area (Å²) in [5.74, 6) is 2.49. The van der Waals surface area contributed by atoms with Crippen molar-refractivity contribution in [3.8, 4) is 0 Å². The van der Waals surface area contributed by atoms with Crippen LogP contribution in [0.25, 0.3) is 0 Å². The molecule has 4 heteroatoms. The molecule has 0 heterocycles. The molecule has 0 aliphatic heterocycles. The zero-order valence-electron chi connectivity index (χ0n) is 12.5. The molecular formula is C18H20N2O2. The van der Waals surface area contributed by atoms with E-state index in [1.54, 1.807) is 24.3 Å². The first-order chi connectivity index (χ1) is 10.7. The fourth-order valence-corrected chi connectivity index (χ4v) is 5.32. The first kappa shape index (κ1) is 13.7. The van der Waals surface area contributed by atoms with Crippen LogP contribution in [0.2, 0.25) is 0 Å². The quantitative estimate of drug-likeness (QED) is 0.681. The molecule has 0 aromatic heterocycles. The van der Waals surface area contributed by atoms with Crippen LogP contribution in [-0.4, -0.2) is 12.0 Å². The van der Waals surface area contributed by atoms with E-state index in [1.807, 2.05) is 0 Å². The Hall–Kier alpha value is -1.93. The van der Waals surface area contributed by atoms with E-state index in [9.17, 15) is 9.59 Å². The third-order valence-corrected chi connectivity index (χ3v) is 5.82. The fraction of sp³-hybridized carbons (Fsp3) is 0.556. The van der Waals surface area contributed by atoms with E-state index in [1.165, 1.54) is 25.3 Å². The van der Waals surface area contributed by atoms with Gasteiger partial charge >= 0.3 is 0 Å². The number of carbonyl (C=O) groups excluding carboxylic acids is 2. The third-order valence-electron chi connectivity index (χ3n) is 5.82. The summed E-state index contributed by atoms with van der Waals surface area (Å²) in [5, 5.41) is 3.09. The van der Waals surface area contributed by atoms with Gasteiger partial charge in [0.25, 0.3) is 0 Å². The van der Waals surface area contributed by atoms with E-state index in [-0.39, 0.29) is 11.3 Å². The number of rotatable bonds is 3. The maximum atomic E-state index is 12.9. The molecule has 1 aromatic rings. The molecule has 4 aliphatic carbocycles. The number of hydrogen-bond donors (Lipinski definition) is 1. The monoisotopic (exact) mass is 296 g/mol. The van der Waals surface area contributed by atoms with Gasteiger partial charge in [-0.2, -0.15) is 4.99 Å². The summed E-state index contributed by atoms with van der Waals surface area (Å²) in [6.45, 7) is 0. The fourth-order valence-electron chi connectivity index (χ4n) is 5.32. The van der Waals surface area contributed by atoms with Gasteiger partial charge < -0.3 is 5.32 Å². The van der Waals surface area contributed by atoms with Crippen molar-refractivity contribution >= 4 is 23.4 Å². The van der Waals surface area contributed by atoms with E-state index in [0.29, 0.717) is 5.69 Å². The van der Waals surface area contributed by atoms with Gasteiger partial charge in [-0.05, 0) is 80.5 Å². The summed E-state index contributed by atoms with van der Waals surface area (Å²) in [6, 6.07) is 7.05. The predicted octanol–water partition coefficient (Wildman–Crippen LogP) is 3.81. The number of aliphatic imine (C=N–C) groups is 1. The van der Waals surface area contributed by atoms with E-state index in [4.69, 9.17) is 0 Å². The minimum Gasteiger partial charge on any atom is -0.326 e. The van der Waals surface area contributed by atoms with Crippen molar-refractivity contribution in [2.75, 3.05) is 5.32 Å². The molecule has 4 aliphatic rings. The Morgan fingerprint density at radius 1 is 1.05 bits per heavy atom. The summed E-state index contributed by atoms with van der Waals surface area (Å²) in [7, 11) is 0. The molecule has 1 amide bonds. The Morgan fingerprint density at radius 2 is 1.59 bits per heavy atom. The van der Waals surface area contributed by atoms with Crippen molar-refractivity contribution in [3.05, 3.63) is 24.3 Å². The van der Waals surface area contributed by atoms with Crippen LogP contribution in [0.5, 0.6) is 0 Å². The lowest BCUT2D eigenvalue weighted by atomic mass is 9.49. The van der Waals surface area contributed by atoms with Crippen molar-refractivity contribution < 1.29 is 9.59 Å². The highest BCUT2D eigenvalue weighted by Gasteiger charge is 2.54. The normalized spacial score (nSPS) is 35.0. The molecule has 4 fully saturated rings. The molecule has 4 saturated carbocycles. The molecule has 0 saturated heterocycles. The second kappa shape index (κ2) is 5.06. The average molecular weight is 296 g/mol. The Kier molecular flexibility index (Phi) is 3.16. The highest BCUT2D eigenvalue weighted by atomic mass is 16.2. The summed E-state index contributed by atoms with van der Waals surface area (Å²) in [5.41, 5.74) is 1.21. The smallest absolute Gasteiger partial charge is 0.240 e. The van der Waals surface area contributed by atoms with Gasteiger partial charge in [-0.3, -0.25) is 4.79 Å². The largest absolute Gasteiger partial charge is 0.326 e. The standard InChI is InChI=1S/C18H20N2O2/c21-11-19-15-1-3-16(4-2-15)20-17(22)18-8-12-5-13(9-18)7-14(6-12)10-18/h1-4,12-14H,5-10H2,(H,20,22). The second-order valence-corrected chi connectivity index (χ2v) is 7.40. The lowest BCUT2D eigenvalue weighted by Crippen LogP contribution is -2.51. The molecule has 1 aromatic carbocycles. The van der Waals surface area contributed by atoms with Crippen LogP contribution in [0.3, 0.4) is 0 Å². The van der Waals surface area contributed by atoms with Gasteiger partial charge in [0.15, 0.2) is 0 Å². The molecule has 0 unspecified atom stereocenters. The topological polar surface area (TPSA) is 58.5 Å². The molecule has 5 rings (SSSR count). The summed E-state index contributed by atoms with van der Waals surface area (Å²) in [6.07, 6.45) is 8.74. The van der Waals surface area contributed by atoms with E-state index in [2.05, 4.69) is 10.3 Å². The van der Waals surface area contributed by atoms with Gasteiger partial charge in [-0.25, -0.2) is 4.79 Å². The van der Waals surface area contributed by atoms with Gasteiger partial charge in [0, 0.05) is 5.69 Å². The number of amides is 1. The molecule has 0 radical (unpaired) electrons. The molecule has 0 atom stereocenters. The highest BCUT2D eigenvalue weighted by Crippen LogP contribution is 2.60. The highest BCUT2D eigenvalue weighted by molar-refractivity contribution is 5.95. The van der Waals surface area contributed by atoms with E-state index >= 15 is 0 Å². The number of nitrogens with one attached hydrogen (secondary N) is 1. The van der Waals surface area contributed by atoms with Crippen LogP contribution in [0.1, 0.15) is 38.5 Å². The van der Waals surface area contributed by atoms with Crippen molar-refractivity contribution in [2.45, 2.75) is 38.5 Å². The Balaban J connectivity index is 1.51. The summed E-state index contributed by atoms with van der Waals surface area (Å²) < 4.78 is 0. The minimum absolute atomic E-state index is 0.131. The van der Waals surface area contributed by atoms with Crippen LogP contribution < -0.4 is 5.32 Å². The number of benzene rings is 1. The average Bonchev–Trinajstić information content (AvgIpc) is 2.48. The van der Waals surface area contributed by atoms with Crippen LogP contribution in [0.4, 0.5) is 11.4 Å². The third kappa shape index (κ3) is 2.28. The van der Waals surface area contributed by atoms with Crippen molar-refractivity contribution in [3.63, 3.8) is 0 Å². The van der Waals surface area contributed by atoms with E-state index in [0.717, 1.165) is 42.7 Å². The lowest BCUT2D eigenvalue weighted by Gasteiger charge is -2.55. The number of hydrogen-bond acceptors (Lipinski definition) is 3. The van der Waals surface area contributed by atoms with Crippen molar-refractivity contribution in [1.82, 2.24) is 0 Å². The number of isocyanates is 1. The maximum Gasteiger partial charge on any atom is 0.240 e. The summed E-state index contributed by atoms with van der Waals surface area (Å²) >= 11 is 0. The molecule has 22 heavy (non-hydrogen) atoms. The van der Waals surface area contributed by atoms with Crippen LogP contribution in [0, 0.1) is 23.2 Å². The molecule has 4 nitrogen and oxygen atoms in total. The number of anilines is 1. The first-order valence-corrected chi connectivity index (χ1v) is 8.16. The SMILES string of the molecule is O=C=Nc1ccc(NC(=O)C23CC4CC(CC(C4)C2)C3)cc1. The Bertz CT molecular complexity index is 608. The van der Waals surface area contributed by atoms with Gasteiger partial charge in [0.1, 0.15) is 0 Å². The Morgan fingerprint density at radius 3 is 2.09 bits per heavy atom. The second-order valence-electron chi connectivity index (χ2n) is 7.40. The Labute approximate surface area is 130 Å². The van der Waals surface area contributed by atoms with Gasteiger partial charge in [-0.15, -0.1) is 0 Å². The van der Waals surface area contributed by atoms with Crippen LogP contribution in [0.15, 0.2) is 29.3 Å². The van der Waals surface area contributed by atoms with Gasteiger partial charge in [0.05, 0.1) is 11.1 Å². The van der Waals surface area contributed by atoms with Gasteiger partial charge in [0.2, 0.25) is 12.0 Å². The van der Waals surface area contributed by atoms with Crippen LogP contribution >= 0.6 is 0 Å². The lowest BCUT2D eigenvalue weighted by molar-refractivity contribution is -0.140. The zero-order valence-corrected chi connectivity index (χ0v) is 12.5. The molecule has 0 spiro atoms. The number of nitrogens with zero attached hydrogens (tertiary/aromatic N) is 1. The minimum atomic E-state index is -0.131. The van der Waals surface area contributed by atoms with Crippen molar-refractivity contribution in [2.24, 2.45) is 28.2 Å². The number of carbonyl (C=O) groups is 1. The molecular weight excluding hydrogens is 276 g/mol. The molecule has 1 N–H and O–H groups in total. The van der Waals surface area contributed by atoms with Crippen molar-refractivity contribution in [1.29, 1.82) is 0 Å². The molecule has 4 bridgehead atoms. The zero-order chi connectivity index (χ0) is 15.2.